The molecule has 1 fully saturated rings. The normalized spacial score (nSPS) is 20.5. The third-order valence-electron chi connectivity index (χ3n) is 3.92. The van der Waals surface area contributed by atoms with Crippen molar-refractivity contribution in [1.29, 1.82) is 0 Å². The predicted molar refractivity (Wildman–Crippen MR) is 69.4 cm³/mol. The number of hydrogen-bond acceptors (Lipinski definition) is 0. The summed E-state index contributed by atoms with van der Waals surface area (Å²) in [5.74, 6) is -0.944. The fourth-order valence-electron chi connectivity index (χ4n) is 2.62. The van der Waals surface area contributed by atoms with Gasteiger partial charge >= 0.3 is 0 Å². The van der Waals surface area contributed by atoms with Crippen molar-refractivity contribution in [2.75, 3.05) is 0 Å². The fourth-order valence-corrected chi connectivity index (χ4v) is 3.43. The number of benzene rings is 1. The molecule has 1 atom stereocenters. The SMILES string of the molecule is CC1(C(Br)Cc2ccc(F)cc2F)CCCC1. The molecule has 0 aromatic heterocycles. The van der Waals surface area contributed by atoms with Crippen molar-refractivity contribution in [2.24, 2.45) is 5.41 Å². The highest BCUT2D eigenvalue weighted by molar-refractivity contribution is 9.09. The van der Waals surface area contributed by atoms with E-state index in [1.54, 1.807) is 6.07 Å². The van der Waals surface area contributed by atoms with E-state index in [9.17, 15) is 8.78 Å². The summed E-state index contributed by atoms with van der Waals surface area (Å²) in [5.41, 5.74) is 0.849. The maximum atomic E-state index is 13.6. The zero-order valence-electron chi connectivity index (χ0n) is 9.98. The molecule has 3 heteroatoms. The van der Waals surface area contributed by atoms with Crippen LogP contribution in [-0.4, -0.2) is 4.83 Å². The Morgan fingerprint density at radius 3 is 2.53 bits per heavy atom. The second-order valence-corrected chi connectivity index (χ2v) is 6.37. The van der Waals surface area contributed by atoms with Crippen molar-refractivity contribution in [3.63, 3.8) is 0 Å². The molecule has 17 heavy (non-hydrogen) atoms. The van der Waals surface area contributed by atoms with Gasteiger partial charge in [0.1, 0.15) is 11.6 Å². The molecule has 0 heterocycles. The Morgan fingerprint density at radius 1 is 1.29 bits per heavy atom. The fraction of sp³-hybridized carbons (Fsp3) is 0.571. The minimum absolute atomic E-state index is 0.251. The summed E-state index contributed by atoms with van der Waals surface area (Å²) >= 11 is 3.69. The highest BCUT2D eigenvalue weighted by Crippen LogP contribution is 2.44. The molecule has 0 radical (unpaired) electrons. The van der Waals surface area contributed by atoms with Crippen molar-refractivity contribution in [3.05, 3.63) is 35.4 Å². The molecule has 1 saturated carbocycles. The molecule has 94 valence electrons. The minimum Gasteiger partial charge on any atom is -0.207 e. The van der Waals surface area contributed by atoms with E-state index >= 15 is 0 Å². The van der Waals surface area contributed by atoms with Crippen LogP contribution in [0, 0.1) is 17.0 Å². The van der Waals surface area contributed by atoms with Crippen molar-refractivity contribution in [3.8, 4) is 0 Å². The molecule has 1 unspecified atom stereocenters. The highest BCUT2D eigenvalue weighted by Gasteiger charge is 2.35. The summed E-state index contributed by atoms with van der Waals surface area (Å²) < 4.78 is 26.4. The molecule has 1 aromatic carbocycles. The lowest BCUT2D eigenvalue weighted by Crippen LogP contribution is -2.26. The molecule has 0 N–H and O–H groups in total. The van der Waals surface area contributed by atoms with Crippen LogP contribution in [-0.2, 0) is 6.42 Å². The number of hydrogen-bond donors (Lipinski definition) is 0. The first kappa shape index (κ1) is 13.0. The second-order valence-electron chi connectivity index (χ2n) is 5.27. The van der Waals surface area contributed by atoms with Gasteiger partial charge in [0.25, 0.3) is 0 Å². The molecule has 1 aliphatic carbocycles. The van der Waals surface area contributed by atoms with Crippen LogP contribution in [0.4, 0.5) is 8.78 Å². The van der Waals surface area contributed by atoms with E-state index in [0.717, 1.165) is 6.07 Å². The molecular formula is C14H17BrF2. The number of halogens is 3. The molecule has 0 spiro atoms. The molecule has 0 aliphatic heterocycles. The van der Waals surface area contributed by atoms with E-state index in [2.05, 4.69) is 22.9 Å². The van der Waals surface area contributed by atoms with Crippen LogP contribution >= 0.6 is 15.9 Å². The quantitative estimate of drug-likeness (QED) is 0.700. The minimum atomic E-state index is -0.510. The molecule has 0 amide bonds. The lowest BCUT2D eigenvalue weighted by atomic mass is 9.82. The molecule has 1 aliphatic rings. The smallest absolute Gasteiger partial charge is 0.129 e. The maximum Gasteiger partial charge on any atom is 0.129 e. The summed E-state index contributed by atoms with van der Waals surface area (Å²) in [6.45, 7) is 2.25. The van der Waals surface area contributed by atoms with Crippen molar-refractivity contribution in [2.45, 2.75) is 43.9 Å². The largest absolute Gasteiger partial charge is 0.207 e. The highest BCUT2D eigenvalue weighted by atomic mass is 79.9. The van der Waals surface area contributed by atoms with Gasteiger partial charge in [-0.3, -0.25) is 0 Å². The first-order valence-electron chi connectivity index (χ1n) is 6.09. The summed E-state index contributed by atoms with van der Waals surface area (Å²) in [4.78, 5) is 0.262. The monoisotopic (exact) mass is 302 g/mol. The van der Waals surface area contributed by atoms with Gasteiger partial charge in [0.05, 0.1) is 0 Å². The number of rotatable bonds is 3. The van der Waals surface area contributed by atoms with Crippen LogP contribution in [0.3, 0.4) is 0 Å². The van der Waals surface area contributed by atoms with Crippen LogP contribution < -0.4 is 0 Å². The maximum absolute atomic E-state index is 13.6. The van der Waals surface area contributed by atoms with E-state index in [1.807, 2.05) is 0 Å². The van der Waals surface area contributed by atoms with E-state index in [1.165, 1.54) is 31.7 Å². The average Bonchev–Trinajstić information content (AvgIpc) is 2.71. The van der Waals surface area contributed by atoms with Crippen molar-refractivity contribution >= 4 is 15.9 Å². The first-order valence-corrected chi connectivity index (χ1v) is 7.01. The van der Waals surface area contributed by atoms with Crippen molar-refractivity contribution < 1.29 is 8.78 Å². The lowest BCUT2D eigenvalue weighted by molar-refractivity contribution is 0.324. The Balaban J connectivity index is 2.10. The zero-order valence-corrected chi connectivity index (χ0v) is 11.6. The van der Waals surface area contributed by atoms with E-state index in [4.69, 9.17) is 0 Å². The molecule has 1 aromatic rings. The topological polar surface area (TPSA) is 0 Å². The standard InChI is InChI=1S/C14H17BrF2/c1-14(6-2-3-7-14)13(15)8-10-4-5-11(16)9-12(10)17/h4-5,9,13H,2-3,6-8H2,1H3. The van der Waals surface area contributed by atoms with E-state index < -0.39 is 11.6 Å². The molecular weight excluding hydrogens is 286 g/mol. The van der Waals surface area contributed by atoms with Gasteiger partial charge in [0.2, 0.25) is 0 Å². The van der Waals surface area contributed by atoms with Gasteiger partial charge in [0.15, 0.2) is 0 Å². The lowest BCUT2D eigenvalue weighted by Gasteiger charge is -2.30. The first-order chi connectivity index (χ1) is 8.01. The third-order valence-corrected chi connectivity index (χ3v) is 5.35. The van der Waals surface area contributed by atoms with Crippen LogP contribution in [0.1, 0.15) is 38.2 Å². The van der Waals surface area contributed by atoms with Gasteiger partial charge in [-0.05, 0) is 36.3 Å². The third kappa shape index (κ3) is 2.87. The van der Waals surface area contributed by atoms with Crippen LogP contribution in [0.2, 0.25) is 0 Å². The molecule has 2 rings (SSSR count). The molecule has 0 bridgehead atoms. The van der Waals surface area contributed by atoms with Gasteiger partial charge in [-0.15, -0.1) is 0 Å². The van der Waals surface area contributed by atoms with Gasteiger partial charge in [-0.2, -0.15) is 0 Å². The Labute approximate surface area is 110 Å². The Hall–Kier alpha value is -0.440. The van der Waals surface area contributed by atoms with Gasteiger partial charge in [0, 0.05) is 10.9 Å². The zero-order chi connectivity index (χ0) is 12.5. The summed E-state index contributed by atoms with van der Waals surface area (Å²) in [5, 5.41) is 0. The Kier molecular flexibility index (Phi) is 3.86. The average molecular weight is 303 g/mol. The summed E-state index contributed by atoms with van der Waals surface area (Å²) in [6, 6.07) is 3.85. The van der Waals surface area contributed by atoms with Crippen LogP contribution in [0.15, 0.2) is 18.2 Å². The van der Waals surface area contributed by atoms with E-state index in [-0.39, 0.29) is 10.2 Å². The Morgan fingerprint density at radius 2 is 1.94 bits per heavy atom. The van der Waals surface area contributed by atoms with Gasteiger partial charge in [-0.1, -0.05) is 41.8 Å². The van der Waals surface area contributed by atoms with Crippen LogP contribution in [0.5, 0.6) is 0 Å². The summed E-state index contributed by atoms with van der Waals surface area (Å²) in [7, 11) is 0. The second kappa shape index (κ2) is 5.05. The molecule has 0 nitrogen and oxygen atoms in total. The van der Waals surface area contributed by atoms with Crippen molar-refractivity contribution in [1.82, 2.24) is 0 Å². The number of alkyl halides is 1. The van der Waals surface area contributed by atoms with E-state index in [0.29, 0.717) is 12.0 Å². The van der Waals surface area contributed by atoms with Gasteiger partial charge in [-0.25, -0.2) is 8.78 Å². The molecule has 0 saturated heterocycles. The predicted octanol–water partition coefficient (Wildman–Crippen LogP) is 4.85. The Bertz CT molecular complexity index is 397. The summed E-state index contributed by atoms with van der Waals surface area (Å²) in [6.07, 6.45) is 5.51. The van der Waals surface area contributed by atoms with Crippen LogP contribution in [0.25, 0.3) is 0 Å². The van der Waals surface area contributed by atoms with Gasteiger partial charge < -0.3 is 0 Å².